The highest BCUT2D eigenvalue weighted by atomic mass is 16.1. The van der Waals surface area contributed by atoms with Crippen molar-refractivity contribution in [2.45, 2.75) is 70.5 Å². The Labute approximate surface area is 129 Å². The molecule has 1 aliphatic heterocycles. The van der Waals surface area contributed by atoms with Crippen molar-refractivity contribution in [1.82, 2.24) is 25.1 Å². The molecule has 2 aromatic rings. The second kappa shape index (κ2) is 4.91. The Balaban J connectivity index is 1.88. The van der Waals surface area contributed by atoms with Crippen LogP contribution in [0, 0.1) is 6.92 Å². The van der Waals surface area contributed by atoms with Crippen molar-refractivity contribution in [1.29, 1.82) is 0 Å². The Morgan fingerprint density at radius 1 is 1.18 bits per heavy atom. The third-order valence-electron chi connectivity index (χ3n) is 4.84. The average molecular weight is 301 g/mol. The number of hydrogen-bond acceptors (Lipinski definition) is 4. The standard InChI is InChI=1S/C16H23N5O/c1-8-6-12(7-9(2)17-8)21-15-13(14(20-21)11-4-5-11)16(22)19-10(3)18-15/h8-9,11-12,17H,4-7H2,1-3H3,(H,18,19,22)/t8-,9+,12?. The van der Waals surface area contributed by atoms with Crippen LogP contribution in [0.25, 0.3) is 11.0 Å². The molecular formula is C16H23N5O. The predicted molar refractivity (Wildman–Crippen MR) is 85.2 cm³/mol. The third-order valence-corrected chi connectivity index (χ3v) is 4.84. The summed E-state index contributed by atoms with van der Waals surface area (Å²) in [5.41, 5.74) is 1.70. The maximum absolute atomic E-state index is 12.4. The van der Waals surface area contributed by atoms with E-state index < -0.39 is 0 Å². The number of fused-ring (bicyclic) bond motifs is 1. The van der Waals surface area contributed by atoms with E-state index in [0.29, 0.717) is 35.3 Å². The van der Waals surface area contributed by atoms with Crippen molar-refractivity contribution < 1.29 is 0 Å². The van der Waals surface area contributed by atoms with Gasteiger partial charge in [0, 0.05) is 18.0 Å². The van der Waals surface area contributed by atoms with E-state index in [1.165, 1.54) is 0 Å². The first-order chi connectivity index (χ1) is 10.5. The van der Waals surface area contributed by atoms with E-state index in [2.05, 4.69) is 29.1 Å². The Morgan fingerprint density at radius 2 is 1.86 bits per heavy atom. The molecule has 2 fully saturated rings. The van der Waals surface area contributed by atoms with E-state index in [0.717, 1.165) is 37.0 Å². The first-order valence-electron chi connectivity index (χ1n) is 8.28. The lowest BCUT2D eigenvalue weighted by Gasteiger charge is -2.33. The van der Waals surface area contributed by atoms with E-state index in [4.69, 9.17) is 5.10 Å². The molecule has 6 heteroatoms. The van der Waals surface area contributed by atoms with Crippen molar-refractivity contribution in [3.63, 3.8) is 0 Å². The molecule has 4 rings (SSSR count). The van der Waals surface area contributed by atoms with Crippen LogP contribution in [0.15, 0.2) is 4.79 Å². The number of hydrogen-bond donors (Lipinski definition) is 2. The summed E-state index contributed by atoms with van der Waals surface area (Å²) in [5.74, 6) is 1.11. The Bertz CT molecular complexity index is 763. The molecule has 2 N–H and O–H groups in total. The van der Waals surface area contributed by atoms with Gasteiger partial charge in [0.15, 0.2) is 5.65 Å². The first-order valence-corrected chi connectivity index (χ1v) is 8.28. The second-order valence-electron chi connectivity index (χ2n) is 7.05. The van der Waals surface area contributed by atoms with E-state index in [1.54, 1.807) is 0 Å². The molecular weight excluding hydrogens is 278 g/mol. The normalized spacial score (nSPS) is 29.1. The molecule has 0 radical (unpaired) electrons. The van der Waals surface area contributed by atoms with Crippen molar-refractivity contribution >= 4 is 11.0 Å². The summed E-state index contributed by atoms with van der Waals surface area (Å²) in [6.45, 7) is 6.26. The van der Waals surface area contributed by atoms with Crippen LogP contribution in [-0.4, -0.2) is 31.8 Å². The van der Waals surface area contributed by atoms with E-state index in [-0.39, 0.29) is 5.56 Å². The summed E-state index contributed by atoms with van der Waals surface area (Å²) in [6, 6.07) is 1.23. The van der Waals surface area contributed by atoms with Gasteiger partial charge in [-0.1, -0.05) is 0 Å². The molecule has 2 aliphatic rings. The van der Waals surface area contributed by atoms with E-state index >= 15 is 0 Å². The maximum atomic E-state index is 12.4. The number of nitrogens with one attached hydrogen (secondary N) is 2. The minimum atomic E-state index is -0.0364. The lowest BCUT2D eigenvalue weighted by Crippen LogP contribution is -2.43. The van der Waals surface area contributed by atoms with Crippen LogP contribution in [0.4, 0.5) is 0 Å². The Kier molecular flexibility index (Phi) is 3.11. The topological polar surface area (TPSA) is 75.6 Å². The zero-order valence-electron chi connectivity index (χ0n) is 13.4. The van der Waals surface area contributed by atoms with Gasteiger partial charge in [0.25, 0.3) is 5.56 Å². The number of rotatable bonds is 2. The van der Waals surface area contributed by atoms with Crippen LogP contribution in [0.1, 0.15) is 63.0 Å². The number of aromatic nitrogens is 4. The molecule has 1 saturated heterocycles. The predicted octanol–water partition coefficient (Wildman–Crippen LogP) is 2.01. The van der Waals surface area contributed by atoms with Gasteiger partial charge in [-0.25, -0.2) is 9.67 Å². The van der Waals surface area contributed by atoms with Gasteiger partial charge in [-0.05, 0) is 46.5 Å². The number of aromatic amines is 1. The molecule has 118 valence electrons. The molecule has 0 spiro atoms. The number of aryl methyl sites for hydroxylation is 1. The minimum absolute atomic E-state index is 0.0364. The number of H-pyrrole nitrogens is 1. The van der Waals surface area contributed by atoms with Gasteiger partial charge in [0.2, 0.25) is 0 Å². The molecule has 0 bridgehead atoms. The van der Waals surface area contributed by atoms with Gasteiger partial charge in [-0.3, -0.25) is 4.79 Å². The van der Waals surface area contributed by atoms with Crippen molar-refractivity contribution in [2.24, 2.45) is 0 Å². The molecule has 1 saturated carbocycles. The van der Waals surface area contributed by atoms with Crippen molar-refractivity contribution in [3.8, 4) is 0 Å². The summed E-state index contributed by atoms with van der Waals surface area (Å²) < 4.78 is 2.04. The molecule has 6 nitrogen and oxygen atoms in total. The molecule has 22 heavy (non-hydrogen) atoms. The second-order valence-corrected chi connectivity index (χ2v) is 7.05. The summed E-state index contributed by atoms with van der Waals surface area (Å²) in [7, 11) is 0. The minimum Gasteiger partial charge on any atom is -0.312 e. The highest BCUT2D eigenvalue weighted by molar-refractivity contribution is 5.78. The van der Waals surface area contributed by atoms with Crippen LogP contribution < -0.4 is 10.9 Å². The van der Waals surface area contributed by atoms with Crippen molar-refractivity contribution in [2.75, 3.05) is 0 Å². The number of piperidine rings is 1. The van der Waals surface area contributed by atoms with Gasteiger partial charge in [-0.2, -0.15) is 5.10 Å². The number of nitrogens with zero attached hydrogens (tertiary/aromatic N) is 3. The first kappa shape index (κ1) is 13.9. The van der Waals surface area contributed by atoms with Crippen LogP contribution in [0.3, 0.4) is 0 Å². The zero-order valence-corrected chi connectivity index (χ0v) is 13.4. The molecule has 0 aromatic carbocycles. The zero-order chi connectivity index (χ0) is 15.4. The van der Waals surface area contributed by atoms with Crippen molar-refractivity contribution in [3.05, 3.63) is 21.9 Å². The van der Waals surface area contributed by atoms with Gasteiger partial charge >= 0.3 is 0 Å². The Morgan fingerprint density at radius 3 is 2.50 bits per heavy atom. The summed E-state index contributed by atoms with van der Waals surface area (Å²) >= 11 is 0. The molecule has 1 unspecified atom stereocenters. The van der Waals surface area contributed by atoms with E-state index in [9.17, 15) is 4.79 Å². The Hall–Kier alpha value is -1.69. The third kappa shape index (κ3) is 2.26. The highest BCUT2D eigenvalue weighted by Gasteiger charge is 2.34. The monoisotopic (exact) mass is 301 g/mol. The smallest absolute Gasteiger partial charge is 0.262 e. The average Bonchev–Trinajstić information content (AvgIpc) is 3.19. The highest BCUT2D eigenvalue weighted by Crippen LogP contribution is 2.42. The fourth-order valence-electron chi connectivity index (χ4n) is 3.81. The van der Waals surface area contributed by atoms with Crippen LogP contribution in [0.5, 0.6) is 0 Å². The van der Waals surface area contributed by atoms with Crippen LogP contribution in [-0.2, 0) is 0 Å². The van der Waals surface area contributed by atoms with E-state index in [1.807, 2.05) is 11.6 Å². The molecule has 3 atom stereocenters. The lowest BCUT2D eigenvalue weighted by molar-refractivity contribution is 0.253. The van der Waals surface area contributed by atoms with Gasteiger partial charge in [0.05, 0.1) is 11.7 Å². The molecule has 3 heterocycles. The van der Waals surface area contributed by atoms with Crippen LogP contribution >= 0.6 is 0 Å². The molecule has 2 aromatic heterocycles. The van der Waals surface area contributed by atoms with Crippen LogP contribution in [0.2, 0.25) is 0 Å². The quantitative estimate of drug-likeness (QED) is 0.889. The van der Waals surface area contributed by atoms with Gasteiger partial charge < -0.3 is 10.3 Å². The summed E-state index contributed by atoms with van der Waals surface area (Å²) in [5, 5.41) is 9.13. The maximum Gasteiger partial charge on any atom is 0.262 e. The lowest BCUT2D eigenvalue weighted by atomic mass is 9.95. The van der Waals surface area contributed by atoms with Gasteiger partial charge in [-0.15, -0.1) is 0 Å². The molecule has 0 amide bonds. The fraction of sp³-hybridized carbons (Fsp3) is 0.688. The molecule has 1 aliphatic carbocycles. The van der Waals surface area contributed by atoms with Gasteiger partial charge in [0.1, 0.15) is 11.2 Å². The SMILES string of the molecule is Cc1nc2c(c(C3CC3)nn2C2C[C@@H](C)N[C@@H](C)C2)c(=O)[nH]1. The fourth-order valence-corrected chi connectivity index (χ4v) is 3.81. The summed E-state index contributed by atoms with van der Waals surface area (Å²) in [6.07, 6.45) is 4.33. The largest absolute Gasteiger partial charge is 0.312 e. The summed E-state index contributed by atoms with van der Waals surface area (Å²) in [4.78, 5) is 19.9.